The van der Waals surface area contributed by atoms with Crippen molar-refractivity contribution in [3.8, 4) is 0 Å². The van der Waals surface area contributed by atoms with Crippen LogP contribution in [0.15, 0.2) is 0 Å². The maximum absolute atomic E-state index is 11.9. The number of halogens is 1. The van der Waals surface area contributed by atoms with Crippen LogP contribution in [0.25, 0.3) is 0 Å². The summed E-state index contributed by atoms with van der Waals surface area (Å²) in [6.07, 6.45) is 0.550. The molecule has 6 heteroatoms. The molecule has 2 rings (SSSR count). The minimum absolute atomic E-state index is 0.174. The first kappa shape index (κ1) is 12.4. The Morgan fingerprint density at radius 1 is 1.35 bits per heavy atom. The number of hydrogen-bond donors (Lipinski definition) is 0. The van der Waals surface area contributed by atoms with Crippen LogP contribution in [0.2, 0.25) is 0 Å². The van der Waals surface area contributed by atoms with E-state index in [9.17, 15) is 14.4 Å². The quantitative estimate of drug-likeness (QED) is 0.521. The lowest BCUT2D eigenvalue weighted by atomic mass is 10.00. The van der Waals surface area contributed by atoms with Crippen LogP contribution in [0.1, 0.15) is 13.3 Å². The zero-order valence-corrected chi connectivity index (χ0v) is 10.6. The smallest absolute Gasteiger partial charge is 0.240 e. The Morgan fingerprint density at radius 2 is 1.82 bits per heavy atom. The first-order valence-electron chi connectivity index (χ1n) is 5.71. The van der Waals surface area contributed by atoms with Crippen molar-refractivity contribution < 1.29 is 14.4 Å². The molecule has 0 unspecified atom stereocenters. The monoisotopic (exact) mass is 258 g/mol. The van der Waals surface area contributed by atoms with E-state index in [2.05, 4.69) is 0 Å². The average Bonchev–Trinajstić information content (AvgIpc) is 2.85. The van der Waals surface area contributed by atoms with Gasteiger partial charge in [-0.3, -0.25) is 19.3 Å². The van der Waals surface area contributed by atoms with Gasteiger partial charge in [0.25, 0.3) is 0 Å². The number of hydrogen-bond acceptors (Lipinski definition) is 3. The molecular formula is C11H15ClN2O3. The Morgan fingerprint density at radius 3 is 2.24 bits per heavy atom. The number of carbonyl (C=O) groups is 3. The molecule has 0 aromatic rings. The van der Waals surface area contributed by atoms with Gasteiger partial charge in [-0.25, -0.2) is 0 Å². The Hall–Kier alpha value is -1.10. The van der Waals surface area contributed by atoms with Gasteiger partial charge in [-0.2, -0.15) is 0 Å². The molecule has 2 fully saturated rings. The lowest BCUT2D eigenvalue weighted by Crippen LogP contribution is -2.39. The molecule has 2 aliphatic rings. The number of imide groups is 1. The van der Waals surface area contributed by atoms with Crippen LogP contribution in [-0.4, -0.2) is 53.0 Å². The third-order valence-corrected chi connectivity index (χ3v) is 4.05. The third kappa shape index (κ3) is 1.82. The summed E-state index contributed by atoms with van der Waals surface area (Å²) in [6, 6.07) is 0. The lowest BCUT2D eigenvalue weighted by molar-refractivity contribution is -0.139. The van der Waals surface area contributed by atoms with Gasteiger partial charge in [-0.15, -0.1) is 11.6 Å². The van der Waals surface area contributed by atoms with Gasteiger partial charge in [-0.05, 0) is 6.42 Å². The van der Waals surface area contributed by atoms with Crippen LogP contribution in [-0.2, 0) is 14.4 Å². The molecular weight excluding hydrogens is 244 g/mol. The minimum atomic E-state index is -0.559. The molecule has 2 heterocycles. The number of amides is 3. The fraction of sp³-hybridized carbons (Fsp3) is 0.727. The Balaban J connectivity index is 2.09. The molecule has 0 N–H and O–H groups in total. The normalized spacial score (nSPS) is 29.8. The van der Waals surface area contributed by atoms with Gasteiger partial charge in [0.1, 0.15) is 5.38 Å². The van der Waals surface area contributed by atoms with Crippen LogP contribution < -0.4 is 0 Å². The van der Waals surface area contributed by atoms with E-state index in [1.54, 1.807) is 4.90 Å². The summed E-state index contributed by atoms with van der Waals surface area (Å²) in [4.78, 5) is 38.0. The maximum Gasteiger partial charge on any atom is 0.240 e. The van der Waals surface area contributed by atoms with E-state index in [0.717, 1.165) is 4.90 Å². The zero-order chi connectivity index (χ0) is 12.7. The summed E-state index contributed by atoms with van der Waals surface area (Å²) in [7, 11) is 1.49. The third-order valence-electron chi connectivity index (χ3n) is 3.55. The van der Waals surface area contributed by atoms with Crippen molar-refractivity contribution in [2.45, 2.75) is 18.7 Å². The molecule has 2 aliphatic heterocycles. The van der Waals surface area contributed by atoms with Gasteiger partial charge in [0.05, 0.1) is 11.8 Å². The molecule has 17 heavy (non-hydrogen) atoms. The van der Waals surface area contributed by atoms with E-state index in [1.807, 2.05) is 6.92 Å². The highest BCUT2D eigenvalue weighted by Gasteiger charge is 2.52. The van der Waals surface area contributed by atoms with E-state index < -0.39 is 5.38 Å². The van der Waals surface area contributed by atoms with Crippen molar-refractivity contribution in [2.24, 2.45) is 11.8 Å². The summed E-state index contributed by atoms with van der Waals surface area (Å²) in [6.45, 7) is 2.47. The topological polar surface area (TPSA) is 57.7 Å². The van der Waals surface area contributed by atoms with Crippen molar-refractivity contribution in [3.05, 3.63) is 0 Å². The molecule has 3 amide bonds. The number of fused-ring (bicyclic) bond motifs is 1. The number of rotatable bonds is 2. The molecule has 0 saturated carbocycles. The summed E-state index contributed by atoms with van der Waals surface area (Å²) in [5, 5.41) is -0.559. The summed E-state index contributed by atoms with van der Waals surface area (Å²) >= 11 is 5.88. The van der Waals surface area contributed by atoms with E-state index >= 15 is 0 Å². The van der Waals surface area contributed by atoms with Gasteiger partial charge in [-0.1, -0.05) is 6.92 Å². The minimum Gasteiger partial charge on any atom is -0.340 e. The Bertz CT molecular complexity index is 361. The van der Waals surface area contributed by atoms with Gasteiger partial charge in [0.15, 0.2) is 0 Å². The Kier molecular flexibility index (Phi) is 3.12. The molecule has 0 aliphatic carbocycles. The Labute approximate surface area is 105 Å². The molecule has 0 spiro atoms. The van der Waals surface area contributed by atoms with Crippen molar-refractivity contribution in [2.75, 3.05) is 20.1 Å². The summed E-state index contributed by atoms with van der Waals surface area (Å²) in [5.74, 6) is -1.27. The van der Waals surface area contributed by atoms with Crippen LogP contribution in [0.4, 0.5) is 0 Å². The SMILES string of the molecule is CC[C@H](Cl)C(=O)N1C[C@H]2C(=O)N(C)C(=O)[C@@H]2C1. The van der Waals surface area contributed by atoms with Gasteiger partial charge in [0.2, 0.25) is 17.7 Å². The van der Waals surface area contributed by atoms with Crippen molar-refractivity contribution in [3.63, 3.8) is 0 Å². The second-order valence-corrected chi connectivity index (χ2v) is 5.09. The molecule has 0 radical (unpaired) electrons. The van der Waals surface area contributed by atoms with Gasteiger partial charge in [0, 0.05) is 20.1 Å². The fourth-order valence-electron chi connectivity index (χ4n) is 2.46. The second kappa shape index (κ2) is 4.29. The molecule has 0 aromatic heterocycles. The maximum atomic E-state index is 11.9. The fourth-order valence-corrected chi connectivity index (χ4v) is 2.60. The highest BCUT2D eigenvalue weighted by Crippen LogP contribution is 2.33. The van der Waals surface area contributed by atoms with Gasteiger partial charge < -0.3 is 4.90 Å². The largest absolute Gasteiger partial charge is 0.340 e. The summed E-state index contributed by atoms with van der Waals surface area (Å²) in [5.41, 5.74) is 0. The standard InChI is InChI=1S/C11H15ClN2O3/c1-3-8(12)11(17)14-4-6-7(5-14)10(16)13(2)9(6)15/h6-8H,3-5H2,1-2H3/t6-,7-,8+/m1/s1. The number of likely N-dealkylation sites (tertiary alicyclic amines) is 2. The van der Waals surface area contributed by atoms with E-state index in [0.29, 0.717) is 19.5 Å². The average molecular weight is 259 g/mol. The second-order valence-electron chi connectivity index (χ2n) is 4.57. The molecule has 2 saturated heterocycles. The first-order chi connectivity index (χ1) is 7.97. The van der Waals surface area contributed by atoms with E-state index in [1.165, 1.54) is 7.05 Å². The molecule has 3 atom stereocenters. The van der Waals surface area contributed by atoms with Crippen molar-refractivity contribution >= 4 is 29.3 Å². The van der Waals surface area contributed by atoms with Crippen molar-refractivity contribution in [1.29, 1.82) is 0 Å². The predicted octanol–water partition coefficient (Wildman–Crippen LogP) is 0.0770. The number of alkyl halides is 1. The molecule has 5 nitrogen and oxygen atoms in total. The van der Waals surface area contributed by atoms with Crippen molar-refractivity contribution in [1.82, 2.24) is 9.80 Å². The highest BCUT2D eigenvalue weighted by molar-refractivity contribution is 6.30. The van der Waals surface area contributed by atoms with Gasteiger partial charge >= 0.3 is 0 Å². The van der Waals surface area contributed by atoms with E-state index in [4.69, 9.17) is 11.6 Å². The van der Waals surface area contributed by atoms with Crippen LogP contribution >= 0.6 is 11.6 Å². The molecule has 94 valence electrons. The highest BCUT2D eigenvalue weighted by atomic mass is 35.5. The first-order valence-corrected chi connectivity index (χ1v) is 6.15. The van der Waals surface area contributed by atoms with Crippen LogP contribution in [0, 0.1) is 11.8 Å². The van der Waals surface area contributed by atoms with Crippen LogP contribution in [0.5, 0.6) is 0 Å². The lowest BCUT2D eigenvalue weighted by Gasteiger charge is -2.20. The van der Waals surface area contributed by atoms with E-state index in [-0.39, 0.29) is 29.6 Å². The molecule has 0 aromatic carbocycles. The molecule has 0 bridgehead atoms. The van der Waals surface area contributed by atoms with Crippen LogP contribution in [0.3, 0.4) is 0 Å². The zero-order valence-electron chi connectivity index (χ0n) is 9.85. The number of carbonyl (C=O) groups excluding carboxylic acids is 3. The number of nitrogens with zero attached hydrogens (tertiary/aromatic N) is 2. The summed E-state index contributed by atoms with van der Waals surface area (Å²) < 4.78 is 0. The predicted molar refractivity (Wildman–Crippen MR) is 61.3 cm³/mol.